The van der Waals surface area contributed by atoms with E-state index >= 15 is 0 Å². The van der Waals surface area contributed by atoms with Gasteiger partial charge in [-0.2, -0.15) is 0 Å². The summed E-state index contributed by atoms with van der Waals surface area (Å²) in [6.45, 7) is 3.37. The Balaban J connectivity index is 2.06. The SMILES string of the molecule is COC(=O)C(CN1CCOC(CN)C1)c1ccccc1. The van der Waals surface area contributed by atoms with E-state index in [4.69, 9.17) is 15.2 Å². The van der Waals surface area contributed by atoms with Crippen LogP contribution in [0.25, 0.3) is 0 Å². The van der Waals surface area contributed by atoms with Crippen molar-refractivity contribution >= 4 is 5.97 Å². The van der Waals surface area contributed by atoms with Crippen molar-refractivity contribution in [1.82, 2.24) is 4.90 Å². The normalized spacial score (nSPS) is 21.4. The second-order valence-electron chi connectivity index (χ2n) is 4.97. The molecule has 5 nitrogen and oxygen atoms in total. The minimum atomic E-state index is -0.266. The molecule has 0 spiro atoms. The summed E-state index contributed by atoms with van der Waals surface area (Å²) >= 11 is 0. The van der Waals surface area contributed by atoms with Crippen molar-refractivity contribution in [2.75, 3.05) is 39.9 Å². The molecule has 2 atom stereocenters. The molecule has 0 bridgehead atoms. The molecule has 1 fully saturated rings. The molecule has 1 heterocycles. The zero-order chi connectivity index (χ0) is 14.4. The molecule has 2 rings (SSSR count). The fourth-order valence-electron chi connectivity index (χ4n) is 2.49. The molecule has 2 unspecified atom stereocenters. The summed E-state index contributed by atoms with van der Waals surface area (Å²) in [5, 5.41) is 0. The van der Waals surface area contributed by atoms with E-state index in [-0.39, 0.29) is 18.0 Å². The number of hydrogen-bond donors (Lipinski definition) is 1. The average molecular weight is 278 g/mol. The van der Waals surface area contributed by atoms with Crippen molar-refractivity contribution in [2.45, 2.75) is 12.0 Å². The molecule has 0 aliphatic carbocycles. The second kappa shape index (κ2) is 7.38. The van der Waals surface area contributed by atoms with Crippen LogP contribution in [0.4, 0.5) is 0 Å². The van der Waals surface area contributed by atoms with Crippen LogP contribution in [0.15, 0.2) is 30.3 Å². The molecule has 20 heavy (non-hydrogen) atoms. The number of ether oxygens (including phenoxy) is 2. The van der Waals surface area contributed by atoms with E-state index in [0.29, 0.717) is 19.7 Å². The molecule has 1 aromatic carbocycles. The van der Waals surface area contributed by atoms with Crippen LogP contribution in [0.3, 0.4) is 0 Å². The summed E-state index contributed by atoms with van der Waals surface area (Å²) in [6, 6.07) is 9.74. The molecule has 2 N–H and O–H groups in total. The van der Waals surface area contributed by atoms with Crippen molar-refractivity contribution in [3.05, 3.63) is 35.9 Å². The van der Waals surface area contributed by atoms with Gasteiger partial charge in [0.05, 0.1) is 25.7 Å². The van der Waals surface area contributed by atoms with Gasteiger partial charge in [0.2, 0.25) is 0 Å². The molecule has 1 saturated heterocycles. The summed E-state index contributed by atoms with van der Waals surface area (Å²) in [7, 11) is 1.43. The highest BCUT2D eigenvalue weighted by atomic mass is 16.5. The predicted octanol–water partition coefficient (Wildman–Crippen LogP) is 0.603. The first kappa shape index (κ1) is 15.0. The van der Waals surface area contributed by atoms with Crippen molar-refractivity contribution < 1.29 is 14.3 Å². The highest BCUT2D eigenvalue weighted by Gasteiger charge is 2.27. The lowest BCUT2D eigenvalue weighted by atomic mass is 9.98. The van der Waals surface area contributed by atoms with Crippen molar-refractivity contribution in [1.29, 1.82) is 0 Å². The predicted molar refractivity (Wildman–Crippen MR) is 76.4 cm³/mol. The van der Waals surface area contributed by atoms with E-state index in [2.05, 4.69) is 4.90 Å². The largest absolute Gasteiger partial charge is 0.469 e. The number of esters is 1. The van der Waals surface area contributed by atoms with Gasteiger partial charge in [-0.05, 0) is 5.56 Å². The highest BCUT2D eigenvalue weighted by Crippen LogP contribution is 2.20. The maximum absolute atomic E-state index is 12.0. The van der Waals surface area contributed by atoms with E-state index in [1.54, 1.807) is 0 Å². The van der Waals surface area contributed by atoms with Gasteiger partial charge in [-0.3, -0.25) is 9.69 Å². The lowest BCUT2D eigenvalue weighted by Crippen LogP contribution is -2.47. The van der Waals surface area contributed by atoms with Crippen LogP contribution >= 0.6 is 0 Å². The number of nitrogens with zero attached hydrogens (tertiary/aromatic N) is 1. The Morgan fingerprint density at radius 2 is 2.25 bits per heavy atom. The lowest BCUT2D eigenvalue weighted by Gasteiger charge is -2.34. The van der Waals surface area contributed by atoms with E-state index in [9.17, 15) is 4.79 Å². The van der Waals surface area contributed by atoms with Crippen LogP contribution in [-0.4, -0.2) is 56.9 Å². The first-order valence-electron chi connectivity index (χ1n) is 6.91. The smallest absolute Gasteiger partial charge is 0.314 e. The molecular weight excluding hydrogens is 256 g/mol. The first-order valence-corrected chi connectivity index (χ1v) is 6.91. The molecule has 1 aromatic rings. The van der Waals surface area contributed by atoms with Crippen molar-refractivity contribution in [3.8, 4) is 0 Å². The van der Waals surface area contributed by atoms with Gasteiger partial charge in [0.15, 0.2) is 0 Å². The summed E-state index contributed by atoms with van der Waals surface area (Å²) < 4.78 is 10.5. The number of rotatable bonds is 5. The van der Waals surface area contributed by atoms with Gasteiger partial charge in [0.25, 0.3) is 0 Å². The van der Waals surface area contributed by atoms with Gasteiger partial charge in [0, 0.05) is 26.2 Å². The van der Waals surface area contributed by atoms with Crippen LogP contribution in [0.5, 0.6) is 0 Å². The summed E-state index contributed by atoms with van der Waals surface area (Å²) in [5.74, 6) is -0.468. The maximum atomic E-state index is 12.0. The van der Waals surface area contributed by atoms with Crippen LogP contribution in [0.2, 0.25) is 0 Å². The number of nitrogens with two attached hydrogens (primary N) is 1. The Bertz CT molecular complexity index is 424. The molecule has 5 heteroatoms. The summed E-state index contributed by atoms with van der Waals surface area (Å²) in [5.41, 5.74) is 6.63. The zero-order valence-electron chi connectivity index (χ0n) is 11.8. The van der Waals surface area contributed by atoms with Crippen molar-refractivity contribution in [2.24, 2.45) is 5.73 Å². The number of hydrogen-bond acceptors (Lipinski definition) is 5. The van der Waals surface area contributed by atoms with Gasteiger partial charge in [-0.25, -0.2) is 0 Å². The molecule has 0 radical (unpaired) electrons. The monoisotopic (exact) mass is 278 g/mol. The first-order chi connectivity index (χ1) is 9.74. The van der Waals surface area contributed by atoms with E-state index in [1.165, 1.54) is 7.11 Å². The molecule has 0 saturated carbocycles. The van der Waals surface area contributed by atoms with Gasteiger partial charge >= 0.3 is 5.97 Å². The fourth-order valence-corrected chi connectivity index (χ4v) is 2.49. The fraction of sp³-hybridized carbons (Fsp3) is 0.533. The molecule has 0 amide bonds. The topological polar surface area (TPSA) is 64.8 Å². The maximum Gasteiger partial charge on any atom is 0.314 e. The molecular formula is C15H22N2O3. The average Bonchev–Trinajstić information content (AvgIpc) is 2.53. The van der Waals surface area contributed by atoms with E-state index < -0.39 is 0 Å². The lowest BCUT2D eigenvalue weighted by molar-refractivity contribution is -0.143. The Hall–Kier alpha value is -1.43. The Morgan fingerprint density at radius 3 is 2.90 bits per heavy atom. The third kappa shape index (κ3) is 3.79. The number of carbonyl (C=O) groups is 1. The zero-order valence-corrected chi connectivity index (χ0v) is 11.8. The standard InChI is InChI=1S/C15H22N2O3/c1-19-15(18)14(12-5-3-2-4-6-12)11-17-7-8-20-13(9-16)10-17/h2-6,13-14H,7-11,16H2,1H3. The summed E-state index contributed by atoms with van der Waals surface area (Å²) in [4.78, 5) is 14.3. The highest BCUT2D eigenvalue weighted by molar-refractivity contribution is 5.78. The Labute approximate surface area is 119 Å². The quantitative estimate of drug-likeness (QED) is 0.799. The number of methoxy groups -OCH3 is 1. The minimum Gasteiger partial charge on any atom is -0.469 e. The van der Waals surface area contributed by atoms with Crippen LogP contribution in [0.1, 0.15) is 11.5 Å². The molecule has 110 valence electrons. The van der Waals surface area contributed by atoms with E-state index in [1.807, 2.05) is 30.3 Å². The van der Waals surface area contributed by atoms with Gasteiger partial charge in [-0.15, -0.1) is 0 Å². The van der Waals surface area contributed by atoms with Crippen molar-refractivity contribution in [3.63, 3.8) is 0 Å². The molecule has 0 aromatic heterocycles. The van der Waals surface area contributed by atoms with Gasteiger partial charge in [0.1, 0.15) is 0 Å². The number of benzene rings is 1. The van der Waals surface area contributed by atoms with Crippen LogP contribution < -0.4 is 5.73 Å². The minimum absolute atomic E-state index is 0.0535. The van der Waals surface area contributed by atoms with E-state index in [0.717, 1.165) is 18.7 Å². The summed E-state index contributed by atoms with van der Waals surface area (Å²) in [6.07, 6.45) is 0.0535. The van der Waals surface area contributed by atoms with Crippen LogP contribution in [0, 0.1) is 0 Å². The Kier molecular flexibility index (Phi) is 5.52. The van der Waals surface area contributed by atoms with Crippen LogP contribution in [-0.2, 0) is 14.3 Å². The third-order valence-electron chi connectivity index (χ3n) is 3.61. The second-order valence-corrected chi connectivity index (χ2v) is 4.97. The third-order valence-corrected chi connectivity index (χ3v) is 3.61. The molecule has 1 aliphatic rings. The Morgan fingerprint density at radius 1 is 1.50 bits per heavy atom. The molecule has 1 aliphatic heterocycles. The number of morpholine rings is 1. The van der Waals surface area contributed by atoms with Gasteiger partial charge in [-0.1, -0.05) is 30.3 Å². The van der Waals surface area contributed by atoms with Gasteiger partial charge < -0.3 is 15.2 Å². The number of carbonyl (C=O) groups excluding carboxylic acids is 1.